The lowest BCUT2D eigenvalue weighted by Crippen LogP contribution is -2.43. The molecule has 0 atom stereocenters. The zero-order chi connectivity index (χ0) is 22.2. The molecule has 160 valence electrons. The Kier molecular flexibility index (Phi) is 5.07. The Bertz CT molecular complexity index is 1260. The number of ether oxygens (including phenoxy) is 1. The number of nitrogens with zero attached hydrogens (tertiary/aromatic N) is 2. The SMILES string of the molecule is CN1C(=O)c2ccccc2Sc2cc(NC(=O)CN3C(=O)COc4ccccc43)ccc21. The monoisotopic (exact) mass is 445 g/mol. The second-order valence-electron chi connectivity index (χ2n) is 7.43. The number of rotatable bonds is 3. The molecule has 0 aliphatic carbocycles. The summed E-state index contributed by atoms with van der Waals surface area (Å²) >= 11 is 1.48. The Hall–Kier alpha value is -3.78. The summed E-state index contributed by atoms with van der Waals surface area (Å²) < 4.78 is 5.43. The molecule has 8 heteroatoms. The fraction of sp³-hybridized carbons (Fsp3) is 0.125. The van der Waals surface area contributed by atoms with Gasteiger partial charge in [0.2, 0.25) is 5.91 Å². The van der Waals surface area contributed by atoms with E-state index < -0.39 is 0 Å². The molecule has 3 amide bonds. The summed E-state index contributed by atoms with van der Waals surface area (Å²) in [7, 11) is 1.74. The van der Waals surface area contributed by atoms with Crippen molar-refractivity contribution < 1.29 is 19.1 Å². The zero-order valence-corrected chi connectivity index (χ0v) is 18.0. The van der Waals surface area contributed by atoms with Gasteiger partial charge in [-0.1, -0.05) is 36.0 Å². The Balaban J connectivity index is 1.38. The normalized spacial score (nSPS) is 14.7. The summed E-state index contributed by atoms with van der Waals surface area (Å²) in [6, 6.07) is 20.0. The summed E-state index contributed by atoms with van der Waals surface area (Å²) in [6.07, 6.45) is 0. The summed E-state index contributed by atoms with van der Waals surface area (Å²) in [5, 5.41) is 2.87. The van der Waals surface area contributed by atoms with Gasteiger partial charge in [-0.05, 0) is 42.5 Å². The lowest BCUT2D eigenvalue weighted by Gasteiger charge is -2.28. The molecule has 0 bridgehead atoms. The smallest absolute Gasteiger partial charge is 0.265 e. The van der Waals surface area contributed by atoms with Gasteiger partial charge in [0.25, 0.3) is 11.8 Å². The van der Waals surface area contributed by atoms with Crippen LogP contribution < -0.4 is 19.9 Å². The molecule has 0 radical (unpaired) electrons. The van der Waals surface area contributed by atoms with E-state index in [1.165, 1.54) is 16.7 Å². The minimum Gasteiger partial charge on any atom is -0.482 e. The third kappa shape index (κ3) is 3.58. The van der Waals surface area contributed by atoms with Gasteiger partial charge in [-0.25, -0.2) is 0 Å². The van der Waals surface area contributed by atoms with E-state index in [-0.39, 0.29) is 30.9 Å². The van der Waals surface area contributed by atoms with Crippen molar-refractivity contribution in [3.8, 4) is 5.75 Å². The molecule has 1 N–H and O–H groups in total. The van der Waals surface area contributed by atoms with Crippen LogP contribution in [-0.2, 0) is 9.59 Å². The van der Waals surface area contributed by atoms with Crippen molar-refractivity contribution in [1.82, 2.24) is 0 Å². The first-order valence-electron chi connectivity index (χ1n) is 10.0. The number of nitrogens with one attached hydrogen (secondary N) is 1. The van der Waals surface area contributed by atoms with Gasteiger partial charge in [0, 0.05) is 22.5 Å². The van der Waals surface area contributed by atoms with Crippen molar-refractivity contribution in [2.45, 2.75) is 9.79 Å². The molecule has 0 spiro atoms. The molecule has 0 unspecified atom stereocenters. The van der Waals surface area contributed by atoms with Gasteiger partial charge >= 0.3 is 0 Å². The van der Waals surface area contributed by atoms with Crippen molar-refractivity contribution >= 4 is 46.5 Å². The van der Waals surface area contributed by atoms with Crippen LogP contribution in [0.1, 0.15) is 10.4 Å². The van der Waals surface area contributed by atoms with E-state index >= 15 is 0 Å². The summed E-state index contributed by atoms with van der Waals surface area (Å²) in [6.45, 7) is -0.218. The van der Waals surface area contributed by atoms with E-state index in [0.29, 0.717) is 22.7 Å². The second-order valence-corrected chi connectivity index (χ2v) is 8.51. The van der Waals surface area contributed by atoms with Crippen LogP contribution in [0, 0.1) is 0 Å². The highest BCUT2D eigenvalue weighted by Crippen LogP contribution is 2.42. The highest BCUT2D eigenvalue weighted by molar-refractivity contribution is 7.99. The largest absolute Gasteiger partial charge is 0.482 e. The highest BCUT2D eigenvalue weighted by atomic mass is 32.2. The molecule has 3 aromatic rings. The Morgan fingerprint density at radius 2 is 1.78 bits per heavy atom. The molecule has 0 aromatic heterocycles. The molecule has 0 saturated carbocycles. The molecular weight excluding hydrogens is 426 g/mol. The number of anilines is 3. The number of benzene rings is 3. The van der Waals surface area contributed by atoms with Gasteiger partial charge in [-0.3, -0.25) is 19.3 Å². The maximum atomic E-state index is 12.8. The van der Waals surface area contributed by atoms with Crippen LogP contribution in [0.2, 0.25) is 0 Å². The van der Waals surface area contributed by atoms with E-state index in [0.717, 1.165) is 15.5 Å². The van der Waals surface area contributed by atoms with E-state index in [2.05, 4.69) is 5.32 Å². The summed E-state index contributed by atoms with van der Waals surface area (Å²) in [5.41, 5.74) is 2.58. The summed E-state index contributed by atoms with van der Waals surface area (Å²) in [5.74, 6) is -0.0904. The predicted molar refractivity (Wildman–Crippen MR) is 123 cm³/mol. The number of fused-ring (bicyclic) bond motifs is 3. The molecule has 2 heterocycles. The zero-order valence-electron chi connectivity index (χ0n) is 17.2. The number of carbonyl (C=O) groups is 3. The lowest BCUT2D eigenvalue weighted by molar-refractivity contribution is -0.123. The maximum absolute atomic E-state index is 12.8. The fourth-order valence-electron chi connectivity index (χ4n) is 3.76. The standard InChI is InChI=1S/C24H19N3O4S/c1-26-18-11-10-15(12-21(18)32-20-9-5-2-6-16(20)24(26)30)25-22(28)13-27-17-7-3-4-8-19(17)31-14-23(27)29/h2-12H,13-14H2,1H3,(H,25,28). The molecule has 2 aliphatic rings. The third-order valence-corrected chi connectivity index (χ3v) is 6.48. The number of hydrogen-bond acceptors (Lipinski definition) is 5. The van der Waals surface area contributed by atoms with Gasteiger partial charge < -0.3 is 15.0 Å². The summed E-state index contributed by atoms with van der Waals surface area (Å²) in [4.78, 5) is 42.7. The van der Waals surface area contributed by atoms with Crippen LogP contribution in [-0.4, -0.2) is 37.9 Å². The van der Waals surface area contributed by atoms with E-state index in [1.807, 2.05) is 42.5 Å². The third-order valence-electron chi connectivity index (χ3n) is 5.36. The molecule has 7 nitrogen and oxygen atoms in total. The Labute approximate surface area is 189 Å². The van der Waals surface area contributed by atoms with Gasteiger partial charge in [0.05, 0.1) is 16.9 Å². The van der Waals surface area contributed by atoms with E-state index in [9.17, 15) is 14.4 Å². The number of amides is 3. The number of para-hydroxylation sites is 2. The van der Waals surface area contributed by atoms with Crippen molar-refractivity contribution in [1.29, 1.82) is 0 Å². The van der Waals surface area contributed by atoms with Crippen LogP contribution in [0.3, 0.4) is 0 Å². The average Bonchev–Trinajstić information content (AvgIpc) is 2.90. The number of hydrogen-bond donors (Lipinski definition) is 1. The molecule has 3 aromatic carbocycles. The van der Waals surface area contributed by atoms with Crippen molar-refractivity contribution in [3.05, 3.63) is 72.3 Å². The van der Waals surface area contributed by atoms with Crippen LogP contribution in [0.25, 0.3) is 0 Å². The minimum atomic E-state index is -0.321. The van der Waals surface area contributed by atoms with Gasteiger partial charge in [0.15, 0.2) is 6.61 Å². The molecule has 0 fully saturated rings. The maximum Gasteiger partial charge on any atom is 0.265 e. The molecule has 32 heavy (non-hydrogen) atoms. The van der Waals surface area contributed by atoms with Crippen LogP contribution in [0.4, 0.5) is 17.1 Å². The minimum absolute atomic E-state index is 0.0758. The van der Waals surface area contributed by atoms with Crippen LogP contribution in [0.5, 0.6) is 5.75 Å². The molecule has 2 aliphatic heterocycles. The van der Waals surface area contributed by atoms with Gasteiger partial charge in [-0.15, -0.1) is 0 Å². The first kappa shape index (κ1) is 20.1. The average molecular weight is 446 g/mol. The van der Waals surface area contributed by atoms with E-state index in [4.69, 9.17) is 4.74 Å². The fourth-order valence-corrected chi connectivity index (χ4v) is 4.91. The van der Waals surface area contributed by atoms with Crippen LogP contribution in [0.15, 0.2) is 76.5 Å². The first-order valence-corrected chi connectivity index (χ1v) is 10.8. The first-order chi connectivity index (χ1) is 15.5. The van der Waals surface area contributed by atoms with Gasteiger partial charge in [-0.2, -0.15) is 0 Å². The van der Waals surface area contributed by atoms with Crippen molar-refractivity contribution in [2.24, 2.45) is 0 Å². The highest BCUT2D eigenvalue weighted by Gasteiger charge is 2.28. The molecular formula is C24H19N3O4S. The lowest BCUT2D eigenvalue weighted by atomic mass is 10.2. The van der Waals surface area contributed by atoms with Gasteiger partial charge in [0.1, 0.15) is 12.3 Å². The quantitative estimate of drug-likeness (QED) is 0.664. The Morgan fingerprint density at radius 1 is 1.00 bits per heavy atom. The number of carbonyl (C=O) groups excluding carboxylic acids is 3. The molecule has 5 rings (SSSR count). The predicted octanol–water partition coefficient (Wildman–Crippen LogP) is 3.79. The van der Waals surface area contributed by atoms with Crippen molar-refractivity contribution in [3.63, 3.8) is 0 Å². The van der Waals surface area contributed by atoms with Crippen LogP contribution >= 0.6 is 11.8 Å². The molecule has 0 saturated heterocycles. The topological polar surface area (TPSA) is 79.0 Å². The van der Waals surface area contributed by atoms with E-state index in [1.54, 1.807) is 36.2 Å². The Morgan fingerprint density at radius 3 is 2.66 bits per heavy atom. The second kappa shape index (κ2) is 8.05. The van der Waals surface area contributed by atoms with Crippen molar-refractivity contribution in [2.75, 3.05) is 35.3 Å².